The predicted octanol–water partition coefficient (Wildman–Crippen LogP) is 3.09. The molecule has 1 N–H and O–H groups in total. The van der Waals surface area contributed by atoms with Gasteiger partial charge in [-0.15, -0.1) is 0 Å². The average molecular weight is 455 g/mol. The molecular weight excluding hydrogens is 431 g/mol. The number of nitrogens with one attached hydrogen (secondary N) is 1. The zero-order chi connectivity index (χ0) is 21.5. The minimum absolute atomic E-state index is 0.132. The van der Waals surface area contributed by atoms with Gasteiger partial charge >= 0.3 is 0 Å². The van der Waals surface area contributed by atoms with Crippen molar-refractivity contribution in [2.75, 3.05) is 51.3 Å². The van der Waals surface area contributed by atoms with Crippen LogP contribution in [0.15, 0.2) is 28.8 Å². The number of rotatable bonds is 8. The monoisotopic (exact) mass is 454 g/mol. The van der Waals surface area contributed by atoms with E-state index in [2.05, 4.69) is 15.4 Å². The maximum absolute atomic E-state index is 13.1. The molecule has 162 valence electrons. The Bertz CT molecular complexity index is 883. The number of carbonyl (C=O) groups excluding carboxylic acids is 2. The fourth-order valence-electron chi connectivity index (χ4n) is 3.18. The molecule has 0 saturated carbocycles. The lowest BCUT2D eigenvalue weighted by atomic mass is 10.2. The SMILES string of the molecule is Cc1cc(NC(=O)CN(CCCN2CCOCC2)C(=O)c2ccc(Cl)cc2Cl)no1. The highest BCUT2D eigenvalue weighted by Gasteiger charge is 2.22. The summed E-state index contributed by atoms with van der Waals surface area (Å²) in [6.07, 6.45) is 0.716. The number of hydrogen-bond donors (Lipinski definition) is 1. The third-order valence-corrected chi connectivity index (χ3v) is 5.23. The van der Waals surface area contributed by atoms with Gasteiger partial charge in [0.1, 0.15) is 12.3 Å². The number of amides is 2. The number of hydrogen-bond acceptors (Lipinski definition) is 6. The number of carbonyl (C=O) groups is 2. The van der Waals surface area contributed by atoms with E-state index >= 15 is 0 Å². The maximum Gasteiger partial charge on any atom is 0.255 e. The van der Waals surface area contributed by atoms with Crippen molar-refractivity contribution < 1.29 is 18.8 Å². The number of aromatic nitrogens is 1. The minimum atomic E-state index is -0.367. The summed E-state index contributed by atoms with van der Waals surface area (Å²) in [4.78, 5) is 29.4. The molecule has 0 unspecified atom stereocenters. The lowest BCUT2D eigenvalue weighted by Crippen LogP contribution is -2.41. The molecule has 2 heterocycles. The molecule has 1 aliphatic rings. The topological polar surface area (TPSA) is 87.9 Å². The van der Waals surface area contributed by atoms with Crippen molar-refractivity contribution in [3.63, 3.8) is 0 Å². The molecule has 1 saturated heterocycles. The molecule has 0 radical (unpaired) electrons. The van der Waals surface area contributed by atoms with Gasteiger partial charge in [0, 0.05) is 37.3 Å². The van der Waals surface area contributed by atoms with E-state index in [0.29, 0.717) is 48.3 Å². The summed E-state index contributed by atoms with van der Waals surface area (Å²) in [5, 5.41) is 7.08. The number of anilines is 1. The minimum Gasteiger partial charge on any atom is -0.379 e. The summed E-state index contributed by atoms with van der Waals surface area (Å²) in [5.41, 5.74) is 0.303. The number of aryl methyl sites for hydroxylation is 1. The van der Waals surface area contributed by atoms with Crippen molar-refractivity contribution in [1.29, 1.82) is 0 Å². The first-order valence-corrected chi connectivity index (χ1v) is 10.5. The van der Waals surface area contributed by atoms with Gasteiger partial charge in [0.2, 0.25) is 5.91 Å². The number of nitrogens with zero attached hydrogens (tertiary/aromatic N) is 3. The standard InChI is InChI=1S/C20H24Cl2N4O4/c1-14-11-18(24-30-14)23-19(27)13-26(6-2-5-25-7-9-29-10-8-25)20(28)16-4-3-15(21)12-17(16)22/h3-4,11-12H,2,5-10,13H2,1H3,(H,23,24,27). The van der Waals surface area contributed by atoms with E-state index < -0.39 is 0 Å². The second-order valence-electron chi connectivity index (χ2n) is 7.03. The Morgan fingerprint density at radius 3 is 2.67 bits per heavy atom. The van der Waals surface area contributed by atoms with Crippen LogP contribution < -0.4 is 5.32 Å². The van der Waals surface area contributed by atoms with E-state index in [9.17, 15) is 9.59 Å². The quantitative estimate of drug-likeness (QED) is 0.659. The second kappa shape index (κ2) is 10.8. The first-order chi connectivity index (χ1) is 14.4. The van der Waals surface area contributed by atoms with Crippen LogP contribution in [0.5, 0.6) is 0 Å². The van der Waals surface area contributed by atoms with Gasteiger partial charge in [0.15, 0.2) is 5.82 Å². The van der Waals surface area contributed by atoms with Crippen molar-refractivity contribution >= 4 is 40.8 Å². The highest BCUT2D eigenvalue weighted by molar-refractivity contribution is 6.36. The summed E-state index contributed by atoms with van der Waals surface area (Å²) < 4.78 is 10.3. The lowest BCUT2D eigenvalue weighted by molar-refractivity contribution is -0.117. The molecule has 2 aromatic rings. The molecule has 1 aromatic carbocycles. The van der Waals surface area contributed by atoms with Crippen LogP contribution in [-0.4, -0.2) is 72.7 Å². The fraction of sp³-hybridized carbons (Fsp3) is 0.450. The number of benzene rings is 1. The molecule has 30 heavy (non-hydrogen) atoms. The van der Waals surface area contributed by atoms with E-state index in [1.807, 2.05) is 0 Å². The summed E-state index contributed by atoms with van der Waals surface area (Å²) in [6.45, 7) is 5.96. The molecule has 1 aliphatic heterocycles. The average Bonchev–Trinajstić information content (AvgIpc) is 3.12. The van der Waals surface area contributed by atoms with Crippen molar-refractivity contribution in [3.8, 4) is 0 Å². The third-order valence-electron chi connectivity index (χ3n) is 4.68. The Morgan fingerprint density at radius 2 is 2.00 bits per heavy atom. The van der Waals surface area contributed by atoms with E-state index in [1.54, 1.807) is 25.1 Å². The summed E-state index contributed by atoms with van der Waals surface area (Å²) in [7, 11) is 0. The van der Waals surface area contributed by atoms with Crippen molar-refractivity contribution in [2.45, 2.75) is 13.3 Å². The fourth-order valence-corrected chi connectivity index (χ4v) is 3.67. The number of morpholine rings is 1. The van der Waals surface area contributed by atoms with Crippen LogP contribution in [0.1, 0.15) is 22.5 Å². The normalized spacial score (nSPS) is 14.5. The van der Waals surface area contributed by atoms with Gasteiger partial charge in [-0.25, -0.2) is 0 Å². The zero-order valence-electron chi connectivity index (χ0n) is 16.7. The summed E-state index contributed by atoms with van der Waals surface area (Å²) >= 11 is 12.2. The highest BCUT2D eigenvalue weighted by atomic mass is 35.5. The van der Waals surface area contributed by atoms with Crippen LogP contribution >= 0.6 is 23.2 Å². The molecule has 0 aliphatic carbocycles. The molecule has 0 atom stereocenters. The first-order valence-electron chi connectivity index (χ1n) is 9.70. The van der Waals surface area contributed by atoms with Gasteiger partial charge < -0.3 is 19.5 Å². The molecule has 8 nitrogen and oxygen atoms in total. The molecule has 0 spiro atoms. The Hall–Kier alpha value is -2.13. The van der Waals surface area contributed by atoms with Crippen molar-refractivity contribution in [2.24, 2.45) is 0 Å². The summed E-state index contributed by atoms with van der Waals surface area (Å²) in [6, 6.07) is 6.30. The number of ether oxygens (including phenoxy) is 1. The van der Waals surface area contributed by atoms with E-state index in [4.69, 9.17) is 32.5 Å². The Morgan fingerprint density at radius 1 is 1.23 bits per heavy atom. The molecule has 3 rings (SSSR count). The van der Waals surface area contributed by atoms with Crippen molar-refractivity contribution in [3.05, 3.63) is 45.6 Å². The highest BCUT2D eigenvalue weighted by Crippen LogP contribution is 2.22. The van der Waals surface area contributed by atoms with Crippen molar-refractivity contribution in [1.82, 2.24) is 15.0 Å². The van der Waals surface area contributed by atoms with Crippen LogP contribution in [-0.2, 0) is 9.53 Å². The molecule has 2 amide bonds. The zero-order valence-corrected chi connectivity index (χ0v) is 18.2. The Balaban J connectivity index is 1.66. The largest absolute Gasteiger partial charge is 0.379 e. The Kier molecular flexibility index (Phi) is 8.09. The van der Waals surface area contributed by atoms with Gasteiger partial charge in [-0.3, -0.25) is 14.5 Å². The molecule has 10 heteroatoms. The molecule has 1 aromatic heterocycles. The molecule has 1 fully saturated rings. The smallest absolute Gasteiger partial charge is 0.255 e. The molecule has 0 bridgehead atoms. The summed E-state index contributed by atoms with van der Waals surface area (Å²) in [5.74, 6) is 0.192. The van der Waals surface area contributed by atoms with Crippen LogP contribution in [0.4, 0.5) is 5.82 Å². The van der Waals surface area contributed by atoms with Crippen LogP contribution in [0.2, 0.25) is 10.0 Å². The number of halogens is 2. The van der Waals surface area contributed by atoms with Crippen LogP contribution in [0.25, 0.3) is 0 Å². The van der Waals surface area contributed by atoms with Gasteiger partial charge in [0.25, 0.3) is 5.91 Å². The maximum atomic E-state index is 13.1. The van der Waals surface area contributed by atoms with E-state index in [0.717, 1.165) is 19.6 Å². The van der Waals surface area contributed by atoms with Gasteiger partial charge in [-0.2, -0.15) is 0 Å². The molecular formula is C20H24Cl2N4O4. The lowest BCUT2D eigenvalue weighted by Gasteiger charge is -2.28. The van der Waals surface area contributed by atoms with Crippen LogP contribution in [0, 0.1) is 6.92 Å². The van der Waals surface area contributed by atoms with E-state index in [-0.39, 0.29) is 23.4 Å². The predicted molar refractivity (Wildman–Crippen MR) is 114 cm³/mol. The third kappa shape index (κ3) is 6.43. The first kappa shape index (κ1) is 22.6. The van der Waals surface area contributed by atoms with Crippen LogP contribution in [0.3, 0.4) is 0 Å². The Labute approximate surface area is 185 Å². The second-order valence-corrected chi connectivity index (χ2v) is 7.87. The van der Waals surface area contributed by atoms with Gasteiger partial charge in [-0.1, -0.05) is 28.4 Å². The van der Waals surface area contributed by atoms with Gasteiger partial charge in [0.05, 0.1) is 23.8 Å². The van der Waals surface area contributed by atoms with Gasteiger partial charge in [-0.05, 0) is 31.5 Å². The van der Waals surface area contributed by atoms with E-state index in [1.165, 1.54) is 11.0 Å².